The molecule has 2 N–H and O–H groups in total. The topological polar surface area (TPSA) is 101 Å². The molecule has 0 aliphatic rings. The minimum Gasteiger partial charge on any atom is -0.480 e. The van der Waals surface area contributed by atoms with Crippen LogP contribution >= 0.6 is 11.8 Å². The predicted octanol–water partition coefficient (Wildman–Crippen LogP) is 6.35. The van der Waals surface area contributed by atoms with Gasteiger partial charge < -0.3 is 15.2 Å². The Bertz CT molecular complexity index is 1460. The fourth-order valence-corrected chi connectivity index (χ4v) is 4.42. The second-order valence-corrected chi connectivity index (χ2v) is 9.78. The normalized spacial score (nSPS) is 11.7. The molecule has 198 valence electrons. The Morgan fingerprint density at radius 1 is 0.974 bits per heavy atom. The first kappa shape index (κ1) is 27.6. The Hall–Kier alpha value is -4.43. The molecule has 0 unspecified atom stereocenters. The van der Waals surface area contributed by atoms with Gasteiger partial charge in [0, 0.05) is 5.56 Å². The molecular formula is C31H29N3O4S. The lowest BCUT2D eigenvalue weighted by Crippen LogP contribution is -2.41. The number of carboxylic acid groups (broad SMARTS) is 1. The molecule has 4 rings (SSSR count). The number of aliphatic carboxylic acids is 1. The van der Waals surface area contributed by atoms with E-state index in [0.717, 1.165) is 22.3 Å². The highest BCUT2D eigenvalue weighted by Crippen LogP contribution is 2.29. The van der Waals surface area contributed by atoms with E-state index < -0.39 is 17.9 Å². The summed E-state index contributed by atoms with van der Waals surface area (Å²) in [4.78, 5) is 33.7. The molecule has 0 saturated carbocycles. The maximum Gasteiger partial charge on any atom is 0.326 e. The number of benzene rings is 3. The van der Waals surface area contributed by atoms with Crippen molar-refractivity contribution in [3.05, 3.63) is 108 Å². The first-order chi connectivity index (χ1) is 18.9. The second-order valence-electron chi connectivity index (χ2n) is 8.79. The number of amides is 1. The van der Waals surface area contributed by atoms with E-state index in [1.165, 1.54) is 11.8 Å². The van der Waals surface area contributed by atoms with Crippen LogP contribution in [0.3, 0.4) is 0 Å². The van der Waals surface area contributed by atoms with Crippen molar-refractivity contribution in [1.29, 1.82) is 0 Å². The van der Waals surface area contributed by atoms with Crippen molar-refractivity contribution in [2.24, 2.45) is 0 Å². The van der Waals surface area contributed by atoms with E-state index >= 15 is 0 Å². The van der Waals surface area contributed by atoms with Crippen molar-refractivity contribution in [2.45, 2.75) is 19.4 Å². The fraction of sp³-hybridized carbons (Fsp3) is 0.161. The van der Waals surface area contributed by atoms with Crippen molar-refractivity contribution >= 4 is 35.8 Å². The number of carbonyl (C=O) groups excluding carboxylic acids is 1. The predicted molar refractivity (Wildman–Crippen MR) is 156 cm³/mol. The number of ether oxygens (including phenoxy) is 1. The number of nitrogens with zero attached hydrogens (tertiary/aromatic N) is 2. The van der Waals surface area contributed by atoms with Gasteiger partial charge in [-0.15, -0.1) is 0 Å². The third kappa shape index (κ3) is 7.55. The number of hydrogen-bond donors (Lipinski definition) is 2. The van der Waals surface area contributed by atoms with Crippen molar-refractivity contribution in [2.75, 3.05) is 12.0 Å². The molecule has 0 spiro atoms. The monoisotopic (exact) mass is 539 g/mol. The number of rotatable bonds is 11. The molecule has 1 atom stereocenters. The van der Waals surface area contributed by atoms with Crippen LogP contribution in [0, 0.1) is 6.92 Å². The second kappa shape index (κ2) is 13.4. The minimum absolute atomic E-state index is 0.346. The van der Waals surface area contributed by atoms with Crippen LogP contribution in [0.2, 0.25) is 0 Å². The van der Waals surface area contributed by atoms with Crippen LogP contribution in [-0.4, -0.2) is 45.0 Å². The van der Waals surface area contributed by atoms with E-state index in [1.54, 1.807) is 18.5 Å². The smallest absolute Gasteiger partial charge is 0.326 e. The number of aryl methyl sites for hydroxylation is 1. The summed E-state index contributed by atoms with van der Waals surface area (Å²) in [7, 11) is 0. The molecule has 39 heavy (non-hydrogen) atoms. The number of nitrogens with one attached hydrogen (secondary N) is 1. The van der Waals surface area contributed by atoms with Crippen molar-refractivity contribution in [1.82, 2.24) is 15.3 Å². The van der Waals surface area contributed by atoms with Crippen LogP contribution in [-0.2, 0) is 4.79 Å². The molecule has 3 aromatic carbocycles. The van der Waals surface area contributed by atoms with Gasteiger partial charge in [-0.05, 0) is 77.9 Å². The Balaban J connectivity index is 1.58. The lowest BCUT2D eigenvalue weighted by Gasteiger charge is -2.17. The van der Waals surface area contributed by atoms with E-state index in [2.05, 4.69) is 15.3 Å². The summed E-state index contributed by atoms with van der Waals surface area (Å²) in [6.45, 7) is 1.98. The average Bonchev–Trinajstić information content (AvgIpc) is 2.95. The summed E-state index contributed by atoms with van der Waals surface area (Å²) in [6.07, 6.45) is 9.16. The maximum atomic E-state index is 13.3. The molecule has 0 fully saturated rings. The number of para-hydroxylation sites is 1. The summed E-state index contributed by atoms with van der Waals surface area (Å²) < 4.78 is 5.70. The van der Waals surface area contributed by atoms with Crippen LogP contribution in [0.1, 0.15) is 33.6 Å². The number of carbonyl (C=O) groups is 2. The van der Waals surface area contributed by atoms with Gasteiger partial charge in [0.25, 0.3) is 5.91 Å². The van der Waals surface area contributed by atoms with Gasteiger partial charge in [-0.1, -0.05) is 54.6 Å². The van der Waals surface area contributed by atoms with Gasteiger partial charge in [-0.2, -0.15) is 11.8 Å². The first-order valence-corrected chi connectivity index (χ1v) is 13.8. The van der Waals surface area contributed by atoms with Gasteiger partial charge in [-0.3, -0.25) is 4.79 Å². The van der Waals surface area contributed by atoms with E-state index in [4.69, 9.17) is 4.74 Å². The maximum absolute atomic E-state index is 13.3. The van der Waals surface area contributed by atoms with E-state index in [0.29, 0.717) is 35.1 Å². The number of hydrogen-bond acceptors (Lipinski definition) is 6. The molecule has 4 aromatic rings. The molecule has 1 aromatic heterocycles. The zero-order valence-corrected chi connectivity index (χ0v) is 22.5. The standard InChI is InChI=1S/C31H29N3O4S/c1-21-8-6-7-11-25(21)27-18-22(13-15-26(27)30(35)34-28(31(36)37)16-17-39-2)12-14-23-19-33-29(20-32-23)38-24-9-4-3-5-10-24/h3-15,18-20,28H,16-17H2,1-2H3,(H,34,35)(H,36,37)/b14-12+/t28-/m0/s1. The van der Waals surface area contributed by atoms with Gasteiger partial charge >= 0.3 is 5.97 Å². The summed E-state index contributed by atoms with van der Waals surface area (Å²) in [6, 6.07) is 21.7. The molecule has 0 aliphatic carbocycles. The van der Waals surface area contributed by atoms with Crippen molar-refractivity contribution < 1.29 is 19.4 Å². The molecule has 8 heteroatoms. The number of thioether (sulfide) groups is 1. The SMILES string of the molecule is CSCC[C@H](NC(=O)c1ccc(/C=C/c2cnc(Oc3ccccc3)cn2)cc1-c1ccccc1C)C(=O)O. The van der Waals surface area contributed by atoms with Gasteiger partial charge in [0.05, 0.1) is 18.1 Å². The lowest BCUT2D eigenvalue weighted by molar-refractivity contribution is -0.139. The van der Waals surface area contributed by atoms with Crippen LogP contribution in [0.25, 0.3) is 23.3 Å². The number of aromatic nitrogens is 2. The lowest BCUT2D eigenvalue weighted by atomic mass is 9.93. The number of carboxylic acids is 1. The van der Waals surface area contributed by atoms with Crippen molar-refractivity contribution in [3.63, 3.8) is 0 Å². The molecule has 0 radical (unpaired) electrons. The highest BCUT2D eigenvalue weighted by atomic mass is 32.2. The van der Waals surface area contributed by atoms with Gasteiger partial charge in [0.15, 0.2) is 0 Å². The molecule has 0 saturated heterocycles. The summed E-state index contributed by atoms with van der Waals surface area (Å²) in [5.74, 6) is 0.246. The van der Waals surface area contributed by atoms with Gasteiger partial charge in [0.2, 0.25) is 5.88 Å². The van der Waals surface area contributed by atoms with Crippen LogP contribution in [0.15, 0.2) is 85.2 Å². The Kier molecular flexibility index (Phi) is 9.48. The van der Waals surface area contributed by atoms with E-state index in [-0.39, 0.29) is 0 Å². The highest BCUT2D eigenvalue weighted by molar-refractivity contribution is 7.98. The fourth-order valence-electron chi connectivity index (χ4n) is 3.95. The Labute approximate surface area is 232 Å². The van der Waals surface area contributed by atoms with Crippen LogP contribution in [0.5, 0.6) is 11.6 Å². The first-order valence-electron chi connectivity index (χ1n) is 12.4. The molecule has 1 heterocycles. The third-order valence-corrected chi connectivity index (χ3v) is 6.64. The minimum atomic E-state index is -1.05. The van der Waals surface area contributed by atoms with E-state index in [1.807, 2.05) is 92.1 Å². The molecule has 0 aliphatic heterocycles. The van der Waals surface area contributed by atoms with Gasteiger partial charge in [0.1, 0.15) is 11.8 Å². The summed E-state index contributed by atoms with van der Waals surface area (Å²) >= 11 is 1.54. The highest BCUT2D eigenvalue weighted by Gasteiger charge is 2.22. The Morgan fingerprint density at radius 2 is 1.74 bits per heavy atom. The molecule has 1 amide bonds. The zero-order valence-electron chi connectivity index (χ0n) is 21.7. The molecule has 7 nitrogen and oxygen atoms in total. The van der Waals surface area contributed by atoms with E-state index in [9.17, 15) is 14.7 Å². The largest absolute Gasteiger partial charge is 0.480 e. The van der Waals surface area contributed by atoms with Gasteiger partial charge in [-0.25, -0.2) is 14.8 Å². The average molecular weight is 540 g/mol. The molecule has 0 bridgehead atoms. The summed E-state index contributed by atoms with van der Waals surface area (Å²) in [5.41, 5.74) is 4.54. The zero-order chi connectivity index (χ0) is 27.6. The van der Waals surface area contributed by atoms with Crippen molar-refractivity contribution in [3.8, 4) is 22.8 Å². The quantitative estimate of drug-likeness (QED) is 0.229. The summed E-state index contributed by atoms with van der Waals surface area (Å²) in [5, 5.41) is 12.3. The van der Waals surface area contributed by atoms with Crippen LogP contribution < -0.4 is 10.1 Å². The molecular weight excluding hydrogens is 510 g/mol. The van der Waals surface area contributed by atoms with Crippen LogP contribution in [0.4, 0.5) is 0 Å². The Morgan fingerprint density at radius 3 is 2.44 bits per heavy atom. The third-order valence-electron chi connectivity index (χ3n) is 6.00.